The van der Waals surface area contributed by atoms with Gasteiger partial charge in [-0.2, -0.15) is 0 Å². The molecule has 0 aliphatic heterocycles. The first-order valence-electron chi connectivity index (χ1n) is 8.66. The minimum atomic E-state index is -0.243. The van der Waals surface area contributed by atoms with E-state index in [0.29, 0.717) is 28.4 Å². The van der Waals surface area contributed by atoms with E-state index in [1.165, 1.54) is 6.92 Å². The second-order valence-corrected chi connectivity index (χ2v) is 7.32. The Morgan fingerprint density at radius 1 is 1.19 bits per heavy atom. The lowest BCUT2D eigenvalue weighted by molar-refractivity contribution is -0.114. The van der Waals surface area contributed by atoms with Gasteiger partial charge in [0.2, 0.25) is 5.91 Å². The Kier molecular flexibility index (Phi) is 5.32. The maximum absolute atomic E-state index is 13.1. The van der Waals surface area contributed by atoms with Gasteiger partial charge < -0.3 is 10.6 Å². The van der Waals surface area contributed by atoms with Gasteiger partial charge in [-0.25, -0.2) is 4.98 Å². The maximum atomic E-state index is 13.1. The number of rotatable bonds is 4. The normalized spacial score (nSPS) is 10.9. The van der Waals surface area contributed by atoms with E-state index in [0.717, 1.165) is 22.0 Å². The number of hydrogen-bond acceptors (Lipinski definition) is 3. The Bertz CT molecular complexity index is 1060. The highest BCUT2D eigenvalue weighted by Crippen LogP contribution is 2.25. The van der Waals surface area contributed by atoms with Gasteiger partial charge in [-0.1, -0.05) is 13.0 Å². The van der Waals surface area contributed by atoms with E-state index in [-0.39, 0.29) is 11.8 Å². The molecule has 3 rings (SSSR count). The lowest BCUT2D eigenvalue weighted by atomic mass is 10.1. The summed E-state index contributed by atoms with van der Waals surface area (Å²) in [4.78, 5) is 28.9. The van der Waals surface area contributed by atoms with Crippen molar-refractivity contribution < 1.29 is 9.59 Å². The van der Waals surface area contributed by atoms with E-state index >= 15 is 0 Å². The van der Waals surface area contributed by atoms with Gasteiger partial charge >= 0.3 is 0 Å². The first-order chi connectivity index (χ1) is 12.8. The van der Waals surface area contributed by atoms with Crippen LogP contribution in [0.4, 0.5) is 11.4 Å². The fourth-order valence-electron chi connectivity index (χ4n) is 3.08. The number of aryl methyl sites for hydroxylation is 3. The molecule has 0 unspecified atom stereocenters. The standard InChI is InChI=1S/C20H21BrN4O2/c1-5-14-6-7-15(23-13(4)26)9-17(14)24-20(27)18-12(3)22-19-16(21)8-11(2)10-25(18)19/h6-10H,5H2,1-4H3,(H,23,26)(H,24,27). The van der Waals surface area contributed by atoms with Gasteiger partial charge in [-0.05, 0) is 65.5 Å². The SMILES string of the molecule is CCc1ccc(NC(C)=O)cc1NC(=O)c1c(C)nc2c(Br)cc(C)cn12. The molecule has 0 bridgehead atoms. The molecule has 2 N–H and O–H groups in total. The first-order valence-corrected chi connectivity index (χ1v) is 9.46. The van der Waals surface area contributed by atoms with E-state index in [1.54, 1.807) is 10.5 Å². The third kappa shape index (κ3) is 3.88. The second kappa shape index (κ2) is 7.52. The summed E-state index contributed by atoms with van der Waals surface area (Å²) < 4.78 is 2.64. The smallest absolute Gasteiger partial charge is 0.274 e. The summed E-state index contributed by atoms with van der Waals surface area (Å²) in [6.45, 7) is 7.25. The zero-order valence-electron chi connectivity index (χ0n) is 15.7. The van der Waals surface area contributed by atoms with Crippen molar-refractivity contribution in [2.24, 2.45) is 0 Å². The van der Waals surface area contributed by atoms with E-state index in [9.17, 15) is 9.59 Å². The molecule has 3 aromatic rings. The molecule has 2 heterocycles. The number of benzene rings is 1. The Morgan fingerprint density at radius 3 is 2.59 bits per heavy atom. The molecule has 0 atom stereocenters. The van der Waals surface area contributed by atoms with Gasteiger partial charge in [0, 0.05) is 24.5 Å². The number of aromatic nitrogens is 2. The molecule has 0 aliphatic rings. The first kappa shape index (κ1) is 19.1. The molecule has 0 fully saturated rings. The zero-order valence-corrected chi connectivity index (χ0v) is 17.3. The van der Waals surface area contributed by atoms with Crippen molar-refractivity contribution in [3.63, 3.8) is 0 Å². The number of amides is 2. The van der Waals surface area contributed by atoms with Crippen LogP contribution in [0.15, 0.2) is 34.9 Å². The van der Waals surface area contributed by atoms with E-state index in [2.05, 4.69) is 31.5 Å². The average Bonchev–Trinajstić information content (AvgIpc) is 2.91. The number of imidazole rings is 1. The Hall–Kier alpha value is -2.67. The van der Waals surface area contributed by atoms with Crippen LogP contribution in [0.2, 0.25) is 0 Å². The highest BCUT2D eigenvalue weighted by molar-refractivity contribution is 9.10. The summed E-state index contributed by atoms with van der Waals surface area (Å²) in [6, 6.07) is 7.48. The van der Waals surface area contributed by atoms with Crippen molar-refractivity contribution in [2.45, 2.75) is 34.1 Å². The lowest BCUT2D eigenvalue weighted by Gasteiger charge is -2.13. The van der Waals surface area contributed by atoms with Crippen LogP contribution in [0, 0.1) is 13.8 Å². The molecule has 0 saturated heterocycles. The van der Waals surface area contributed by atoms with Crippen LogP contribution in [0.5, 0.6) is 0 Å². The van der Waals surface area contributed by atoms with Crippen LogP contribution in [-0.4, -0.2) is 21.2 Å². The van der Waals surface area contributed by atoms with Crippen molar-refractivity contribution >= 4 is 44.8 Å². The Balaban J connectivity index is 2.02. The van der Waals surface area contributed by atoms with Gasteiger partial charge in [0.25, 0.3) is 5.91 Å². The molecule has 0 saturated carbocycles. The lowest BCUT2D eigenvalue weighted by Crippen LogP contribution is -2.17. The number of anilines is 2. The zero-order chi connectivity index (χ0) is 19.7. The Labute approximate surface area is 166 Å². The van der Waals surface area contributed by atoms with Gasteiger partial charge in [-0.15, -0.1) is 0 Å². The van der Waals surface area contributed by atoms with Crippen LogP contribution in [0.3, 0.4) is 0 Å². The van der Waals surface area contributed by atoms with E-state index in [4.69, 9.17) is 0 Å². The average molecular weight is 429 g/mol. The third-order valence-corrected chi connectivity index (χ3v) is 4.84. The molecule has 2 amide bonds. The van der Waals surface area contributed by atoms with Crippen LogP contribution < -0.4 is 10.6 Å². The molecular weight excluding hydrogens is 408 g/mol. The number of halogens is 1. The van der Waals surface area contributed by atoms with Crippen LogP contribution in [0.1, 0.15) is 41.2 Å². The minimum Gasteiger partial charge on any atom is -0.326 e. The van der Waals surface area contributed by atoms with Gasteiger partial charge in [0.05, 0.1) is 10.2 Å². The molecule has 27 heavy (non-hydrogen) atoms. The molecular formula is C20H21BrN4O2. The molecule has 0 spiro atoms. The largest absolute Gasteiger partial charge is 0.326 e. The topological polar surface area (TPSA) is 75.5 Å². The van der Waals surface area contributed by atoms with Crippen molar-refractivity contribution in [3.05, 3.63) is 57.4 Å². The summed E-state index contributed by atoms with van der Waals surface area (Å²) in [5.41, 5.74) is 5.16. The minimum absolute atomic E-state index is 0.158. The van der Waals surface area contributed by atoms with E-state index in [1.807, 2.05) is 45.2 Å². The number of nitrogens with one attached hydrogen (secondary N) is 2. The molecule has 7 heteroatoms. The number of pyridine rings is 1. The molecule has 0 aliphatic carbocycles. The monoisotopic (exact) mass is 428 g/mol. The molecule has 6 nitrogen and oxygen atoms in total. The van der Waals surface area contributed by atoms with Crippen molar-refractivity contribution in [3.8, 4) is 0 Å². The fraction of sp³-hybridized carbons (Fsp3) is 0.250. The van der Waals surface area contributed by atoms with Gasteiger partial charge in [0.15, 0.2) is 5.65 Å². The summed E-state index contributed by atoms with van der Waals surface area (Å²) in [5, 5.41) is 5.73. The molecule has 1 aromatic carbocycles. The Morgan fingerprint density at radius 2 is 1.93 bits per heavy atom. The van der Waals surface area contributed by atoms with Crippen LogP contribution in [-0.2, 0) is 11.2 Å². The molecule has 0 radical (unpaired) electrons. The van der Waals surface area contributed by atoms with Gasteiger partial charge in [0.1, 0.15) is 5.69 Å². The quantitative estimate of drug-likeness (QED) is 0.642. The van der Waals surface area contributed by atoms with Crippen molar-refractivity contribution in [1.29, 1.82) is 0 Å². The highest BCUT2D eigenvalue weighted by Gasteiger charge is 2.19. The highest BCUT2D eigenvalue weighted by atomic mass is 79.9. The predicted molar refractivity (Wildman–Crippen MR) is 110 cm³/mol. The number of fused-ring (bicyclic) bond motifs is 1. The summed E-state index contributed by atoms with van der Waals surface area (Å²) in [6.07, 6.45) is 2.65. The number of carbonyl (C=O) groups excluding carboxylic acids is 2. The number of hydrogen-bond donors (Lipinski definition) is 2. The summed E-state index contributed by atoms with van der Waals surface area (Å²) >= 11 is 3.51. The molecule has 2 aromatic heterocycles. The number of carbonyl (C=O) groups is 2. The van der Waals surface area contributed by atoms with Crippen molar-refractivity contribution in [2.75, 3.05) is 10.6 Å². The third-order valence-electron chi connectivity index (χ3n) is 4.26. The maximum Gasteiger partial charge on any atom is 0.274 e. The van der Waals surface area contributed by atoms with Crippen molar-refractivity contribution in [1.82, 2.24) is 9.38 Å². The van der Waals surface area contributed by atoms with Crippen LogP contribution in [0.25, 0.3) is 5.65 Å². The summed E-state index contributed by atoms with van der Waals surface area (Å²) in [5.74, 6) is -0.401. The number of nitrogens with zero attached hydrogens (tertiary/aromatic N) is 2. The second-order valence-electron chi connectivity index (χ2n) is 6.47. The predicted octanol–water partition coefficient (Wildman–Crippen LogP) is 4.49. The van der Waals surface area contributed by atoms with E-state index < -0.39 is 0 Å². The van der Waals surface area contributed by atoms with Gasteiger partial charge in [-0.3, -0.25) is 14.0 Å². The van der Waals surface area contributed by atoms with Crippen LogP contribution >= 0.6 is 15.9 Å². The fourth-order valence-corrected chi connectivity index (χ4v) is 3.72. The molecule has 140 valence electrons. The summed E-state index contributed by atoms with van der Waals surface area (Å²) in [7, 11) is 0.